The quantitative estimate of drug-likeness (QED) is 0.179. The third kappa shape index (κ3) is 7.88. The molecule has 0 saturated carbocycles. The van der Waals surface area contributed by atoms with Gasteiger partial charge in [0.2, 0.25) is 0 Å². The zero-order chi connectivity index (χ0) is 32.2. The van der Waals surface area contributed by atoms with Gasteiger partial charge in [0.25, 0.3) is 11.1 Å². The summed E-state index contributed by atoms with van der Waals surface area (Å²) in [5.74, 6) is -0.819. The van der Waals surface area contributed by atoms with Crippen molar-refractivity contribution in [2.24, 2.45) is 0 Å². The van der Waals surface area contributed by atoms with E-state index in [1.54, 1.807) is 20.8 Å². The standard InChI is InChI=1S/C26H37N4O12PS/c1-6-16-18(9-21(40-16)30-11-15(4)24(33)28-26(30)35)42-43(36,44-13-38-22(31)7-2)39-12-19-17(37-5)8-20(41-19)29-10-14(3)23(32)27-25(29)34/h10-11,16-21H,6-9,12-13H2,1-5H3,(H,27,32,34)(H,28,33,35)/t16-,17?,18?,19-,20-,21-,43?/m1/s1. The minimum Gasteiger partial charge on any atom is -0.454 e. The van der Waals surface area contributed by atoms with E-state index in [0.29, 0.717) is 28.9 Å². The highest BCUT2D eigenvalue weighted by Crippen LogP contribution is 2.63. The van der Waals surface area contributed by atoms with Crippen LogP contribution in [0.15, 0.2) is 31.6 Å². The molecule has 0 bridgehead atoms. The zero-order valence-electron chi connectivity index (χ0n) is 25.0. The number of hydrogen-bond donors (Lipinski definition) is 2. The molecular formula is C26H37N4O12PS. The van der Waals surface area contributed by atoms with Gasteiger partial charge in [-0.1, -0.05) is 13.8 Å². The molecule has 2 aromatic heterocycles. The Balaban J connectivity index is 1.51. The van der Waals surface area contributed by atoms with Gasteiger partial charge in [-0.15, -0.1) is 0 Å². The lowest BCUT2D eigenvalue weighted by atomic mass is 10.1. The molecule has 44 heavy (non-hydrogen) atoms. The Morgan fingerprint density at radius 2 is 1.50 bits per heavy atom. The van der Waals surface area contributed by atoms with Gasteiger partial charge in [-0.25, -0.2) is 14.2 Å². The van der Waals surface area contributed by atoms with Crippen LogP contribution in [0.25, 0.3) is 0 Å². The van der Waals surface area contributed by atoms with E-state index >= 15 is 0 Å². The van der Waals surface area contributed by atoms with Crippen LogP contribution in [0.1, 0.15) is 63.1 Å². The van der Waals surface area contributed by atoms with Crippen LogP contribution < -0.4 is 22.5 Å². The fourth-order valence-corrected chi connectivity index (χ4v) is 7.76. The summed E-state index contributed by atoms with van der Waals surface area (Å²) < 4.78 is 51.3. The molecule has 4 heterocycles. The molecule has 0 radical (unpaired) electrons. The molecule has 2 aromatic rings. The number of aromatic amines is 2. The van der Waals surface area contributed by atoms with E-state index in [9.17, 15) is 28.5 Å². The van der Waals surface area contributed by atoms with E-state index < -0.39 is 72.1 Å². The molecule has 0 aromatic carbocycles. The summed E-state index contributed by atoms with van der Waals surface area (Å²) in [6.07, 6.45) is -0.601. The molecule has 0 amide bonds. The second-order valence-corrected chi connectivity index (χ2v) is 14.3. The van der Waals surface area contributed by atoms with E-state index in [1.807, 2.05) is 6.92 Å². The maximum atomic E-state index is 14.1. The average molecular weight is 661 g/mol. The van der Waals surface area contributed by atoms with Crippen LogP contribution in [0.3, 0.4) is 0 Å². The number of rotatable bonds is 13. The maximum absolute atomic E-state index is 14.1. The van der Waals surface area contributed by atoms with Gasteiger partial charge in [0.1, 0.15) is 24.5 Å². The van der Waals surface area contributed by atoms with Crippen molar-refractivity contribution in [1.82, 2.24) is 19.1 Å². The third-order valence-corrected chi connectivity index (χ3v) is 10.7. The van der Waals surface area contributed by atoms with Gasteiger partial charge in [-0.2, -0.15) is 0 Å². The van der Waals surface area contributed by atoms with E-state index in [-0.39, 0.29) is 31.8 Å². The van der Waals surface area contributed by atoms with Crippen LogP contribution >= 0.6 is 18.2 Å². The highest BCUT2D eigenvalue weighted by molar-refractivity contribution is 8.55. The number of carbonyl (C=O) groups is 1. The predicted molar refractivity (Wildman–Crippen MR) is 158 cm³/mol. The number of nitrogens with zero attached hydrogens (tertiary/aromatic N) is 2. The van der Waals surface area contributed by atoms with E-state index in [2.05, 4.69) is 9.97 Å². The number of aromatic nitrogens is 4. The smallest absolute Gasteiger partial charge is 0.392 e. The van der Waals surface area contributed by atoms with Crippen LogP contribution in [-0.4, -0.2) is 69.1 Å². The summed E-state index contributed by atoms with van der Waals surface area (Å²) in [6, 6.07) is 0. The molecule has 16 nitrogen and oxygen atoms in total. The van der Waals surface area contributed by atoms with Gasteiger partial charge in [0.05, 0.1) is 24.9 Å². The number of aryl methyl sites for hydroxylation is 2. The van der Waals surface area contributed by atoms with Gasteiger partial charge < -0.3 is 18.9 Å². The first kappa shape index (κ1) is 34.1. The van der Waals surface area contributed by atoms with Crippen molar-refractivity contribution in [2.75, 3.05) is 19.7 Å². The van der Waals surface area contributed by atoms with Crippen molar-refractivity contribution in [1.29, 1.82) is 0 Å². The van der Waals surface area contributed by atoms with Gasteiger partial charge in [-0.05, 0) is 20.3 Å². The number of ether oxygens (including phenoxy) is 4. The molecule has 2 fully saturated rings. The predicted octanol–water partition coefficient (Wildman–Crippen LogP) is 1.86. The van der Waals surface area contributed by atoms with Crippen molar-refractivity contribution in [2.45, 2.75) is 90.2 Å². The Kier molecular flexibility index (Phi) is 11.3. The Bertz CT molecular complexity index is 1620. The van der Waals surface area contributed by atoms with Gasteiger partial charge in [-0.3, -0.25) is 42.5 Å². The van der Waals surface area contributed by atoms with Crippen LogP contribution in [0.5, 0.6) is 0 Å². The van der Waals surface area contributed by atoms with Crippen molar-refractivity contribution in [3.8, 4) is 0 Å². The first-order valence-electron chi connectivity index (χ1n) is 14.1. The number of carbonyl (C=O) groups excluding carboxylic acids is 1. The van der Waals surface area contributed by atoms with E-state index in [1.165, 1.54) is 28.6 Å². The van der Waals surface area contributed by atoms with Gasteiger partial charge >= 0.3 is 24.1 Å². The molecule has 244 valence electrons. The summed E-state index contributed by atoms with van der Waals surface area (Å²) in [6.45, 7) is 2.23. The van der Waals surface area contributed by atoms with Crippen LogP contribution in [0.4, 0.5) is 0 Å². The Labute approximate surface area is 255 Å². The van der Waals surface area contributed by atoms with Crippen LogP contribution in [-0.2, 0) is 37.4 Å². The topological polar surface area (TPSA) is 199 Å². The summed E-state index contributed by atoms with van der Waals surface area (Å²) in [4.78, 5) is 64.8. The lowest BCUT2D eigenvalue weighted by Crippen LogP contribution is -2.33. The molecule has 18 heteroatoms. The minimum absolute atomic E-state index is 0.115. The summed E-state index contributed by atoms with van der Waals surface area (Å²) in [5.41, 5.74) is -1.68. The molecule has 4 rings (SSSR count). The molecule has 0 aliphatic carbocycles. The van der Waals surface area contributed by atoms with Crippen LogP contribution in [0, 0.1) is 13.8 Å². The first-order chi connectivity index (χ1) is 20.9. The van der Waals surface area contributed by atoms with Crippen molar-refractivity contribution >= 4 is 24.1 Å². The highest BCUT2D eigenvalue weighted by Gasteiger charge is 2.44. The number of esters is 1. The SMILES string of the molecule is CCC(=O)OCSP(=O)(OC[C@H]1O[C@@H](n2cc(C)c(=O)[nH]c2=O)CC1OC)OC1C[C@H](n2cc(C)c(=O)[nH]c2=O)O[C@@H]1CC. The Hall–Kier alpha value is -2.79. The molecule has 7 atom stereocenters. The maximum Gasteiger partial charge on any atom is 0.392 e. The number of H-pyrrole nitrogens is 2. The number of methoxy groups -OCH3 is 1. The molecule has 3 unspecified atom stereocenters. The number of hydrogen-bond acceptors (Lipinski definition) is 13. The number of nitrogens with one attached hydrogen (secondary N) is 2. The fourth-order valence-electron chi connectivity index (χ4n) is 4.90. The largest absolute Gasteiger partial charge is 0.454 e. The van der Waals surface area contributed by atoms with Gasteiger partial charge in [0.15, 0.2) is 0 Å². The molecule has 2 saturated heterocycles. The van der Waals surface area contributed by atoms with Crippen molar-refractivity contribution in [3.63, 3.8) is 0 Å². The average Bonchev–Trinajstić information content (AvgIpc) is 3.59. The first-order valence-corrected chi connectivity index (χ1v) is 17.2. The summed E-state index contributed by atoms with van der Waals surface area (Å²) in [7, 11) is 1.46. The van der Waals surface area contributed by atoms with Crippen molar-refractivity contribution < 1.29 is 37.4 Å². The summed E-state index contributed by atoms with van der Waals surface area (Å²) >= 11 is 0.672. The Morgan fingerprint density at radius 3 is 2.02 bits per heavy atom. The fraction of sp³-hybridized carbons (Fsp3) is 0.654. The third-order valence-electron chi connectivity index (χ3n) is 7.36. The lowest BCUT2D eigenvalue weighted by molar-refractivity contribution is -0.140. The van der Waals surface area contributed by atoms with Crippen LogP contribution in [0.2, 0.25) is 0 Å². The van der Waals surface area contributed by atoms with Crippen molar-refractivity contribution in [3.05, 3.63) is 65.2 Å². The zero-order valence-corrected chi connectivity index (χ0v) is 26.7. The second-order valence-electron chi connectivity index (χ2n) is 10.4. The molecule has 2 aliphatic rings. The highest BCUT2D eigenvalue weighted by atomic mass is 32.7. The summed E-state index contributed by atoms with van der Waals surface area (Å²) in [5, 5.41) is 0. The normalized spacial score (nSPS) is 26.5. The molecule has 2 N–H and O–H groups in total. The van der Waals surface area contributed by atoms with E-state index in [0.717, 1.165) is 0 Å². The minimum atomic E-state index is -4.08. The monoisotopic (exact) mass is 660 g/mol. The van der Waals surface area contributed by atoms with Gasteiger partial charge in [0, 0.05) is 61.3 Å². The lowest BCUT2D eigenvalue weighted by Gasteiger charge is -2.25. The second kappa shape index (κ2) is 14.5. The Morgan fingerprint density at radius 1 is 0.955 bits per heavy atom. The van der Waals surface area contributed by atoms with E-state index in [4.69, 9.17) is 28.0 Å². The molecule has 2 aliphatic heterocycles. The molecular weight excluding hydrogens is 623 g/mol. The molecule has 0 spiro atoms.